The van der Waals surface area contributed by atoms with Gasteiger partial charge in [0, 0.05) is 42.3 Å². The molecule has 0 N–H and O–H groups in total. The van der Waals surface area contributed by atoms with Gasteiger partial charge in [0.15, 0.2) is 0 Å². The Bertz CT molecular complexity index is 1280. The summed E-state index contributed by atoms with van der Waals surface area (Å²) < 4.78 is 80.4. The second kappa shape index (κ2) is 12.8. The lowest BCUT2D eigenvalue weighted by Crippen LogP contribution is -2.40. The predicted octanol–water partition coefficient (Wildman–Crippen LogP) is 7.89. The fourth-order valence-corrected chi connectivity index (χ4v) is 4.43. The first kappa shape index (κ1) is 31.0. The fraction of sp³-hybridized carbons (Fsp3) is 0.310. The molecular weight excluding hydrogens is 558 g/mol. The highest BCUT2D eigenvalue weighted by Gasteiger charge is 2.38. The highest BCUT2D eigenvalue weighted by molar-refractivity contribution is 6.30. The minimum absolute atomic E-state index is 0.0188. The van der Waals surface area contributed by atoms with Crippen molar-refractivity contribution >= 4 is 29.1 Å². The van der Waals surface area contributed by atoms with Crippen LogP contribution in [0.1, 0.15) is 46.8 Å². The molecule has 0 aliphatic rings. The van der Waals surface area contributed by atoms with Gasteiger partial charge < -0.3 is 9.80 Å². The Balaban J connectivity index is 1.92. The number of alkyl halides is 6. The van der Waals surface area contributed by atoms with Crippen LogP contribution in [0.4, 0.5) is 32.0 Å². The number of para-hydroxylation sites is 1. The van der Waals surface area contributed by atoms with Crippen LogP contribution in [0, 0.1) is 0 Å². The van der Waals surface area contributed by atoms with Crippen LogP contribution >= 0.6 is 11.6 Å². The highest BCUT2D eigenvalue weighted by Crippen LogP contribution is 2.36. The topological polar surface area (TPSA) is 40.6 Å². The van der Waals surface area contributed by atoms with Gasteiger partial charge in [0.25, 0.3) is 5.91 Å². The van der Waals surface area contributed by atoms with Crippen molar-refractivity contribution in [3.05, 3.63) is 100 Å². The number of carbonyl (C=O) groups excluding carboxylic acids is 2. The van der Waals surface area contributed by atoms with Gasteiger partial charge in [-0.2, -0.15) is 26.3 Å². The first-order valence-electron chi connectivity index (χ1n) is 12.4. The molecule has 1 atom stereocenters. The Morgan fingerprint density at radius 3 is 1.90 bits per heavy atom. The summed E-state index contributed by atoms with van der Waals surface area (Å²) in [5.74, 6) is -1.27. The van der Waals surface area contributed by atoms with Crippen LogP contribution in [0.5, 0.6) is 0 Å². The third kappa shape index (κ3) is 8.00. The number of rotatable bonds is 9. The number of hydrogen-bond donors (Lipinski definition) is 0. The largest absolute Gasteiger partial charge is 0.416 e. The molecule has 0 aromatic heterocycles. The summed E-state index contributed by atoms with van der Waals surface area (Å²) in [4.78, 5) is 29.1. The van der Waals surface area contributed by atoms with Crippen molar-refractivity contribution < 1.29 is 35.9 Å². The normalized spacial score (nSPS) is 12.6. The molecule has 0 radical (unpaired) electrons. The van der Waals surface area contributed by atoms with Gasteiger partial charge >= 0.3 is 12.4 Å². The maximum atomic E-state index is 13.4. The Kier molecular flexibility index (Phi) is 9.89. The van der Waals surface area contributed by atoms with Gasteiger partial charge in [0.05, 0.1) is 11.1 Å². The summed E-state index contributed by atoms with van der Waals surface area (Å²) in [6.07, 6.45) is -9.90. The molecule has 0 aliphatic heterocycles. The van der Waals surface area contributed by atoms with E-state index >= 15 is 0 Å². The van der Waals surface area contributed by atoms with Crippen LogP contribution < -0.4 is 4.90 Å². The molecule has 11 heteroatoms. The van der Waals surface area contributed by atoms with E-state index in [1.807, 2.05) is 6.07 Å². The lowest BCUT2D eigenvalue weighted by Gasteiger charge is -2.30. The van der Waals surface area contributed by atoms with Crippen molar-refractivity contribution in [3.63, 3.8) is 0 Å². The van der Waals surface area contributed by atoms with Crippen LogP contribution in [-0.2, 0) is 23.6 Å². The molecule has 3 aromatic carbocycles. The molecule has 0 spiro atoms. The second-order valence-electron chi connectivity index (χ2n) is 9.21. The minimum atomic E-state index is -5.09. The van der Waals surface area contributed by atoms with Crippen molar-refractivity contribution in [2.45, 2.75) is 44.6 Å². The summed E-state index contributed by atoms with van der Waals surface area (Å²) in [6, 6.07) is 15.6. The molecule has 3 aromatic rings. The number of hydrogen-bond acceptors (Lipinski definition) is 2. The Morgan fingerprint density at radius 2 is 1.40 bits per heavy atom. The minimum Gasteiger partial charge on any atom is -0.338 e. The summed E-state index contributed by atoms with van der Waals surface area (Å²) >= 11 is 5.96. The average Bonchev–Trinajstić information content (AvgIpc) is 2.91. The van der Waals surface area contributed by atoms with Crippen LogP contribution in [0.2, 0.25) is 5.02 Å². The summed E-state index contributed by atoms with van der Waals surface area (Å²) in [5, 5.41) is 0.463. The molecule has 3 rings (SSSR count). The Hall–Kier alpha value is -3.53. The zero-order valence-electron chi connectivity index (χ0n) is 21.7. The standard InChI is InChI=1S/C29H27ClF6N2O2/c1-3-38(24-7-5-4-6-8-24)26(39)14-13-25(15-19-9-11-23(30)12-10-19)37(2)27(40)20-16-21(28(31,32)33)18-22(17-20)29(34,35)36/h4-12,16-18,25H,3,13-15H2,1-2H3. The van der Waals surface area contributed by atoms with Gasteiger partial charge in [-0.1, -0.05) is 41.9 Å². The summed E-state index contributed by atoms with van der Waals surface area (Å²) in [7, 11) is 1.30. The zero-order chi connectivity index (χ0) is 29.7. The molecule has 0 fully saturated rings. The highest BCUT2D eigenvalue weighted by atomic mass is 35.5. The van der Waals surface area contributed by atoms with Gasteiger partial charge in [0.2, 0.25) is 5.91 Å². The van der Waals surface area contributed by atoms with Gasteiger partial charge in [-0.05, 0) is 67.8 Å². The summed E-state index contributed by atoms with van der Waals surface area (Å²) in [5.41, 5.74) is -2.51. The third-order valence-electron chi connectivity index (χ3n) is 6.46. The van der Waals surface area contributed by atoms with Crippen molar-refractivity contribution in [1.82, 2.24) is 4.90 Å². The number of benzene rings is 3. The van der Waals surface area contributed by atoms with Crippen LogP contribution in [0.25, 0.3) is 0 Å². The second-order valence-corrected chi connectivity index (χ2v) is 9.64. The van der Waals surface area contributed by atoms with Crippen molar-refractivity contribution in [2.24, 2.45) is 0 Å². The maximum absolute atomic E-state index is 13.4. The third-order valence-corrected chi connectivity index (χ3v) is 6.72. The Morgan fingerprint density at radius 1 is 0.850 bits per heavy atom. The van der Waals surface area contributed by atoms with Crippen molar-refractivity contribution in [1.29, 1.82) is 0 Å². The molecule has 1 unspecified atom stereocenters. The number of halogens is 7. The number of anilines is 1. The van der Waals surface area contributed by atoms with Crippen LogP contribution in [0.15, 0.2) is 72.8 Å². The van der Waals surface area contributed by atoms with Crippen LogP contribution in [0.3, 0.4) is 0 Å². The van der Waals surface area contributed by atoms with E-state index in [0.717, 1.165) is 10.5 Å². The molecule has 0 heterocycles. The molecule has 0 aliphatic carbocycles. The van der Waals surface area contributed by atoms with Crippen molar-refractivity contribution in [2.75, 3.05) is 18.5 Å². The zero-order valence-corrected chi connectivity index (χ0v) is 22.4. The first-order chi connectivity index (χ1) is 18.7. The molecule has 2 amide bonds. The molecule has 214 valence electrons. The molecule has 0 saturated heterocycles. The van der Waals surface area contributed by atoms with Crippen LogP contribution in [-0.4, -0.2) is 36.3 Å². The molecule has 0 bridgehead atoms. The number of amides is 2. The quantitative estimate of drug-likeness (QED) is 0.240. The smallest absolute Gasteiger partial charge is 0.338 e. The molecule has 4 nitrogen and oxygen atoms in total. The van der Waals surface area contributed by atoms with Gasteiger partial charge in [-0.25, -0.2) is 0 Å². The van der Waals surface area contributed by atoms with Crippen molar-refractivity contribution in [3.8, 4) is 0 Å². The van der Waals surface area contributed by atoms with E-state index in [1.165, 1.54) is 7.05 Å². The number of carbonyl (C=O) groups is 2. The van der Waals surface area contributed by atoms with E-state index in [4.69, 9.17) is 11.6 Å². The van der Waals surface area contributed by atoms with E-state index in [1.54, 1.807) is 60.4 Å². The lowest BCUT2D eigenvalue weighted by molar-refractivity contribution is -0.143. The monoisotopic (exact) mass is 584 g/mol. The maximum Gasteiger partial charge on any atom is 0.416 e. The molecule has 0 saturated carbocycles. The van der Waals surface area contributed by atoms with Gasteiger partial charge in [0.1, 0.15) is 0 Å². The van der Waals surface area contributed by atoms with E-state index in [-0.39, 0.29) is 31.2 Å². The fourth-order valence-electron chi connectivity index (χ4n) is 4.31. The van der Waals surface area contributed by atoms with E-state index in [9.17, 15) is 35.9 Å². The number of likely N-dealkylation sites (N-methyl/N-ethyl adjacent to an activating group) is 1. The van der Waals surface area contributed by atoms with E-state index < -0.39 is 41.0 Å². The van der Waals surface area contributed by atoms with E-state index in [2.05, 4.69) is 0 Å². The predicted molar refractivity (Wildman–Crippen MR) is 141 cm³/mol. The molecular formula is C29H27ClF6N2O2. The number of nitrogens with zero attached hydrogens (tertiary/aromatic N) is 2. The molecule has 40 heavy (non-hydrogen) atoms. The van der Waals surface area contributed by atoms with Gasteiger partial charge in [-0.15, -0.1) is 0 Å². The first-order valence-corrected chi connectivity index (χ1v) is 12.7. The Labute approximate surface area is 233 Å². The summed E-state index contributed by atoms with van der Waals surface area (Å²) in [6.45, 7) is 2.18. The average molecular weight is 585 g/mol. The SMILES string of the molecule is CCN(C(=O)CCC(Cc1ccc(Cl)cc1)N(C)C(=O)c1cc(C(F)(F)F)cc(C(F)(F)F)c1)c1ccccc1. The van der Waals surface area contributed by atoms with Gasteiger partial charge in [-0.3, -0.25) is 9.59 Å². The van der Waals surface area contributed by atoms with E-state index in [0.29, 0.717) is 29.4 Å². The lowest BCUT2D eigenvalue weighted by atomic mass is 9.98.